The quantitative estimate of drug-likeness (QED) is 0.759. The van der Waals surface area contributed by atoms with Gasteiger partial charge in [0.1, 0.15) is 0 Å². The molecule has 0 amide bonds. The molecule has 0 saturated heterocycles. The number of rotatable bonds is 1. The van der Waals surface area contributed by atoms with Gasteiger partial charge in [-0.3, -0.25) is 4.79 Å². The minimum absolute atomic E-state index is 0.0205. The summed E-state index contributed by atoms with van der Waals surface area (Å²) >= 11 is 3.13. The summed E-state index contributed by atoms with van der Waals surface area (Å²) < 4.78 is 3.08. The molecule has 1 aromatic heterocycles. The van der Waals surface area contributed by atoms with Crippen molar-refractivity contribution in [1.82, 2.24) is 9.47 Å². The van der Waals surface area contributed by atoms with E-state index >= 15 is 0 Å². The van der Waals surface area contributed by atoms with E-state index in [0.717, 1.165) is 14.2 Å². The lowest BCUT2D eigenvalue weighted by atomic mass is 10.5. The van der Waals surface area contributed by atoms with Gasteiger partial charge in [0.15, 0.2) is 0 Å². The molecule has 17 heavy (non-hydrogen) atoms. The molecular formula is C12H14N2OS2. The van der Waals surface area contributed by atoms with Gasteiger partial charge in [0.25, 0.3) is 5.56 Å². The zero-order valence-corrected chi connectivity index (χ0v) is 11.7. The fourth-order valence-electron chi connectivity index (χ4n) is 1.52. The molecular weight excluding hydrogens is 252 g/mol. The molecule has 5 heteroatoms. The normalized spacial score (nSPS) is 19.2. The molecule has 0 fully saturated rings. The molecule has 0 radical (unpaired) electrons. The smallest absolute Gasteiger partial charge is 0.268 e. The Balaban J connectivity index is 2.40. The van der Waals surface area contributed by atoms with Crippen molar-refractivity contribution in [2.75, 3.05) is 7.05 Å². The van der Waals surface area contributed by atoms with E-state index in [2.05, 4.69) is 24.6 Å². The fraction of sp³-hybridized carbons (Fsp3) is 0.250. The van der Waals surface area contributed by atoms with Crippen molar-refractivity contribution in [3.05, 3.63) is 41.8 Å². The van der Waals surface area contributed by atoms with Gasteiger partial charge in [-0.05, 0) is 19.1 Å². The summed E-state index contributed by atoms with van der Waals surface area (Å²) in [6, 6.07) is 0. The number of allylic oxidation sites excluding steroid dienone is 2. The summed E-state index contributed by atoms with van der Waals surface area (Å²) in [6.07, 6.45) is 5.92. The summed E-state index contributed by atoms with van der Waals surface area (Å²) in [4.78, 5) is 15.1. The first kappa shape index (κ1) is 12.3. The first-order valence-corrected chi connectivity index (χ1v) is 6.78. The van der Waals surface area contributed by atoms with Crippen LogP contribution >= 0.6 is 23.1 Å². The molecule has 0 N–H and O–H groups in total. The van der Waals surface area contributed by atoms with Gasteiger partial charge in [0.2, 0.25) is 0 Å². The summed E-state index contributed by atoms with van der Waals surface area (Å²) in [5.41, 5.74) is 0.0205. The van der Waals surface area contributed by atoms with Crippen LogP contribution in [0.5, 0.6) is 0 Å². The average Bonchev–Trinajstić information content (AvgIpc) is 2.71. The summed E-state index contributed by atoms with van der Waals surface area (Å²) in [6.45, 7) is 5.89. The van der Waals surface area contributed by atoms with Crippen molar-refractivity contribution in [1.29, 1.82) is 0 Å². The lowest BCUT2D eigenvalue weighted by Crippen LogP contribution is -2.28. The van der Waals surface area contributed by atoms with Crippen LogP contribution in [0, 0.1) is 0 Å². The van der Waals surface area contributed by atoms with Crippen LogP contribution in [0.3, 0.4) is 0 Å². The SMILES string of the molecule is C=c1s/c(=C/C=C2SC(C)=CN2C)c(=O)n1C. The summed E-state index contributed by atoms with van der Waals surface area (Å²) in [5.74, 6) is 0. The highest BCUT2D eigenvalue weighted by atomic mass is 32.2. The molecule has 0 aliphatic carbocycles. The number of thiazole rings is 1. The third-order valence-electron chi connectivity index (χ3n) is 2.48. The van der Waals surface area contributed by atoms with Crippen LogP contribution in [0.25, 0.3) is 12.7 Å². The van der Waals surface area contributed by atoms with E-state index in [4.69, 9.17) is 0 Å². The lowest BCUT2D eigenvalue weighted by Gasteiger charge is -2.07. The molecule has 0 spiro atoms. The molecule has 1 aliphatic rings. The van der Waals surface area contributed by atoms with Crippen LogP contribution in [0.1, 0.15) is 6.92 Å². The van der Waals surface area contributed by atoms with Crippen LogP contribution in [0.2, 0.25) is 0 Å². The molecule has 1 aromatic rings. The monoisotopic (exact) mass is 266 g/mol. The van der Waals surface area contributed by atoms with Crippen molar-refractivity contribution in [3.63, 3.8) is 0 Å². The molecule has 0 unspecified atom stereocenters. The van der Waals surface area contributed by atoms with E-state index in [1.807, 2.05) is 19.2 Å². The van der Waals surface area contributed by atoms with Crippen LogP contribution in [-0.2, 0) is 7.05 Å². The van der Waals surface area contributed by atoms with Gasteiger partial charge in [-0.15, -0.1) is 11.3 Å². The first-order chi connectivity index (χ1) is 7.99. The highest BCUT2D eigenvalue weighted by molar-refractivity contribution is 8.06. The zero-order chi connectivity index (χ0) is 12.6. The van der Waals surface area contributed by atoms with Gasteiger partial charge in [-0.2, -0.15) is 0 Å². The second-order valence-electron chi connectivity index (χ2n) is 3.85. The Bertz CT molecular complexity index is 664. The van der Waals surface area contributed by atoms with Crippen LogP contribution < -0.4 is 14.8 Å². The highest BCUT2D eigenvalue weighted by Crippen LogP contribution is 2.34. The largest absolute Gasteiger partial charge is 0.345 e. The second kappa shape index (κ2) is 4.58. The zero-order valence-electron chi connectivity index (χ0n) is 10.1. The molecule has 3 nitrogen and oxygen atoms in total. The van der Waals surface area contributed by atoms with Gasteiger partial charge in [0.05, 0.1) is 14.2 Å². The van der Waals surface area contributed by atoms with E-state index in [9.17, 15) is 4.79 Å². The maximum absolute atomic E-state index is 11.8. The van der Waals surface area contributed by atoms with Crippen LogP contribution in [-0.4, -0.2) is 16.5 Å². The minimum Gasteiger partial charge on any atom is -0.345 e. The molecule has 2 heterocycles. The van der Waals surface area contributed by atoms with Gasteiger partial charge >= 0.3 is 0 Å². The Kier molecular flexibility index (Phi) is 3.31. The van der Waals surface area contributed by atoms with Crippen molar-refractivity contribution in [3.8, 4) is 0 Å². The second-order valence-corrected chi connectivity index (χ2v) is 6.23. The molecule has 90 valence electrons. The number of hydrogen-bond acceptors (Lipinski definition) is 4. The molecule has 1 aliphatic heterocycles. The van der Waals surface area contributed by atoms with Crippen molar-refractivity contribution >= 4 is 35.8 Å². The van der Waals surface area contributed by atoms with Crippen LogP contribution in [0.15, 0.2) is 27.0 Å². The fourth-order valence-corrected chi connectivity index (χ4v) is 3.23. The topological polar surface area (TPSA) is 25.2 Å². The standard InChI is InChI=1S/C12H14N2OS2/c1-8-7-13(3)11(16-8)6-5-10-12(15)14(4)9(2)17-10/h5-7H,2H2,1,3-4H3/b10-5+,11-6?. The van der Waals surface area contributed by atoms with E-state index in [1.54, 1.807) is 23.4 Å². The average molecular weight is 266 g/mol. The maximum atomic E-state index is 11.8. The molecule has 0 atom stereocenters. The molecule has 0 aromatic carbocycles. The molecule has 0 saturated carbocycles. The third-order valence-corrected chi connectivity index (χ3v) is 4.58. The Morgan fingerprint density at radius 2 is 2.06 bits per heavy atom. The van der Waals surface area contributed by atoms with Gasteiger partial charge in [0, 0.05) is 25.2 Å². The molecule has 0 bridgehead atoms. The maximum Gasteiger partial charge on any atom is 0.268 e. The van der Waals surface area contributed by atoms with E-state index < -0.39 is 0 Å². The van der Waals surface area contributed by atoms with Crippen molar-refractivity contribution < 1.29 is 0 Å². The highest BCUT2D eigenvalue weighted by Gasteiger charge is 2.11. The predicted molar refractivity (Wildman–Crippen MR) is 76.0 cm³/mol. The third kappa shape index (κ3) is 2.40. The van der Waals surface area contributed by atoms with Crippen molar-refractivity contribution in [2.45, 2.75) is 6.92 Å². The van der Waals surface area contributed by atoms with Gasteiger partial charge in [-0.1, -0.05) is 18.3 Å². The number of nitrogens with zero attached hydrogens (tertiary/aromatic N) is 2. The van der Waals surface area contributed by atoms with Crippen LogP contribution in [0.4, 0.5) is 0 Å². The predicted octanol–water partition coefficient (Wildman–Crippen LogP) is 1.02. The van der Waals surface area contributed by atoms with E-state index in [1.165, 1.54) is 16.2 Å². The van der Waals surface area contributed by atoms with Gasteiger partial charge in [-0.25, -0.2) is 0 Å². The van der Waals surface area contributed by atoms with E-state index in [0.29, 0.717) is 0 Å². The van der Waals surface area contributed by atoms with E-state index in [-0.39, 0.29) is 5.56 Å². The Morgan fingerprint density at radius 1 is 1.35 bits per heavy atom. The number of hydrogen-bond donors (Lipinski definition) is 0. The number of thioether (sulfide) groups is 1. The summed E-state index contributed by atoms with van der Waals surface area (Å²) in [5, 5.41) is 1.13. The lowest BCUT2D eigenvalue weighted by molar-refractivity contribution is 0.618. The Morgan fingerprint density at radius 3 is 2.53 bits per heavy atom. The first-order valence-electron chi connectivity index (χ1n) is 5.15. The Labute approximate surface area is 108 Å². The molecule has 2 rings (SSSR count). The summed E-state index contributed by atoms with van der Waals surface area (Å²) in [7, 11) is 3.75. The Hall–Kier alpha value is -1.20. The number of aromatic nitrogens is 1. The van der Waals surface area contributed by atoms with Crippen molar-refractivity contribution in [2.24, 2.45) is 7.05 Å². The van der Waals surface area contributed by atoms with Gasteiger partial charge < -0.3 is 9.47 Å². The minimum atomic E-state index is 0.0205.